The van der Waals surface area contributed by atoms with E-state index in [1.165, 1.54) is 0 Å². The van der Waals surface area contributed by atoms with Gasteiger partial charge >= 0.3 is 0 Å². The topological polar surface area (TPSA) is 40.6 Å². The Labute approximate surface area is 139 Å². The van der Waals surface area contributed by atoms with Crippen LogP contribution < -0.4 is 0 Å². The molecule has 0 N–H and O–H groups in total. The summed E-state index contributed by atoms with van der Waals surface area (Å²) in [7, 11) is 1.89. The lowest BCUT2D eigenvalue weighted by Crippen LogP contribution is -2.53. The van der Waals surface area contributed by atoms with Crippen molar-refractivity contribution in [3.63, 3.8) is 0 Å². The van der Waals surface area contributed by atoms with Gasteiger partial charge in [-0.15, -0.1) is 0 Å². The Bertz CT molecular complexity index is 546. The van der Waals surface area contributed by atoms with Gasteiger partial charge in [-0.05, 0) is 24.3 Å². The highest BCUT2D eigenvalue weighted by atomic mass is 16.2. The maximum absolute atomic E-state index is 13.3. The Balaban J connectivity index is 2.30. The number of hydrogen-bond donors (Lipinski definition) is 0. The molecule has 2 amide bonds. The van der Waals surface area contributed by atoms with Crippen LogP contribution >= 0.6 is 0 Å². The van der Waals surface area contributed by atoms with E-state index in [2.05, 4.69) is 13.8 Å². The first kappa shape index (κ1) is 17.5. The van der Waals surface area contributed by atoms with Crippen LogP contribution in [0.25, 0.3) is 0 Å². The van der Waals surface area contributed by atoms with Gasteiger partial charge in [0, 0.05) is 33.6 Å². The van der Waals surface area contributed by atoms with Gasteiger partial charge in [0.1, 0.15) is 0 Å². The number of benzene rings is 1. The van der Waals surface area contributed by atoms with Gasteiger partial charge in [0.25, 0.3) is 0 Å². The minimum atomic E-state index is -0.503. The molecular weight excluding hydrogens is 288 g/mol. The van der Waals surface area contributed by atoms with Gasteiger partial charge in [0.2, 0.25) is 11.8 Å². The zero-order valence-electron chi connectivity index (χ0n) is 14.7. The van der Waals surface area contributed by atoms with Crippen molar-refractivity contribution in [3.8, 4) is 0 Å². The molecule has 0 bridgehead atoms. The first-order valence-electron chi connectivity index (χ1n) is 8.43. The standard InChI is InChI=1S/C19H28N2O2/c1-15(2)14-20(4)18(23)19(17-8-6-5-7-9-17)10-12-21(13-11-19)16(3)22/h5-9,15H,10-14H2,1-4H3. The molecule has 1 aliphatic rings. The van der Waals surface area contributed by atoms with Gasteiger partial charge in [0.15, 0.2) is 0 Å². The number of likely N-dealkylation sites (tertiary alicyclic amines) is 1. The fourth-order valence-electron chi connectivity index (χ4n) is 3.58. The highest BCUT2D eigenvalue weighted by Gasteiger charge is 2.44. The summed E-state index contributed by atoms with van der Waals surface area (Å²) in [5.74, 6) is 0.712. The Hall–Kier alpha value is -1.84. The second-order valence-electron chi connectivity index (χ2n) is 7.03. The molecule has 0 atom stereocenters. The Morgan fingerprint density at radius 2 is 1.74 bits per heavy atom. The van der Waals surface area contributed by atoms with Crippen LogP contribution in [0.5, 0.6) is 0 Å². The average Bonchev–Trinajstić information content (AvgIpc) is 2.54. The average molecular weight is 316 g/mol. The summed E-state index contributed by atoms with van der Waals surface area (Å²) in [6, 6.07) is 10.0. The van der Waals surface area contributed by atoms with Crippen LogP contribution in [-0.2, 0) is 15.0 Å². The van der Waals surface area contributed by atoms with E-state index < -0.39 is 5.41 Å². The smallest absolute Gasteiger partial charge is 0.233 e. The van der Waals surface area contributed by atoms with E-state index in [9.17, 15) is 9.59 Å². The van der Waals surface area contributed by atoms with E-state index in [4.69, 9.17) is 0 Å². The fourth-order valence-corrected chi connectivity index (χ4v) is 3.58. The van der Waals surface area contributed by atoms with E-state index >= 15 is 0 Å². The lowest BCUT2D eigenvalue weighted by atomic mass is 9.71. The van der Waals surface area contributed by atoms with Crippen molar-refractivity contribution in [3.05, 3.63) is 35.9 Å². The highest BCUT2D eigenvalue weighted by Crippen LogP contribution is 2.37. The predicted octanol–water partition coefficient (Wildman–Crippen LogP) is 2.68. The molecule has 1 aliphatic heterocycles. The van der Waals surface area contributed by atoms with Crippen molar-refractivity contribution in [2.45, 2.75) is 39.0 Å². The molecule has 0 radical (unpaired) electrons. The Morgan fingerprint density at radius 1 is 1.17 bits per heavy atom. The lowest BCUT2D eigenvalue weighted by molar-refractivity contribution is -0.141. The summed E-state index contributed by atoms with van der Waals surface area (Å²) in [5.41, 5.74) is 0.570. The summed E-state index contributed by atoms with van der Waals surface area (Å²) < 4.78 is 0. The summed E-state index contributed by atoms with van der Waals surface area (Å²) >= 11 is 0. The maximum atomic E-state index is 13.3. The molecule has 1 fully saturated rings. The van der Waals surface area contributed by atoms with E-state index in [1.807, 2.05) is 47.2 Å². The third kappa shape index (κ3) is 3.74. The minimum Gasteiger partial charge on any atom is -0.345 e. The summed E-state index contributed by atoms with van der Waals surface area (Å²) in [6.07, 6.45) is 1.38. The van der Waals surface area contributed by atoms with Gasteiger partial charge in [0.05, 0.1) is 5.41 Å². The van der Waals surface area contributed by atoms with E-state index in [-0.39, 0.29) is 11.8 Å². The predicted molar refractivity (Wildman–Crippen MR) is 92.1 cm³/mol. The SMILES string of the molecule is CC(=O)N1CCC(C(=O)N(C)CC(C)C)(c2ccccc2)CC1. The summed E-state index contributed by atoms with van der Waals surface area (Å²) in [4.78, 5) is 28.6. The molecule has 23 heavy (non-hydrogen) atoms. The molecule has 4 heteroatoms. The van der Waals surface area contributed by atoms with Crippen molar-refractivity contribution in [1.82, 2.24) is 9.80 Å². The molecular formula is C19H28N2O2. The number of likely N-dealkylation sites (N-methyl/N-ethyl adjacent to an activating group) is 1. The highest BCUT2D eigenvalue weighted by molar-refractivity contribution is 5.88. The van der Waals surface area contributed by atoms with Crippen LogP contribution in [0.4, 0.5) is 0 Å². The molecule has 1 aromatic rings. The number of carbonyl (C=O) groups is 2. The van der Waals surface area contributed by atoms with Gasteiger partial charge < -0.3 is 9.80 Å². The third-order valence-corrected chi connectivity index (χ3v) is 4.78. The maximum Gasteiger partial charge on any atom is 0.233 e. The van der Waals surface area contributed by atoms with Crippen LogP contribution in [-0.4, -0.2) is 48.3 Å². The van der Waals surface area contributed by atoms with Crippen LogP contribution in [0, 0.1) is 5.92 Å². The Morgan fingerprint density at radius 3 is 2.22 bits per heavy atom. The first-order chi connectivity index (χ1) is 10.9. The Kier molecular flexibility index (Phi) is 5.45. The molecule has 0 saturated carbocycles. The molecule has 1 saturated heterocycles. The molecule has 1 aromatic carbocycles. The van der Waals surface area contributed by atoms with E-state index in [1.54, 1.807) is 6.92 Å². The summed E-state index contributed by atoms with van der Waals surface area (Å²) in [6.45, 7) is 7.89. The number of amides is 2. The molecule has 0 spiro atoms. The van der Waals surface area contributed by atoms with E-state index in [0.717, 1.165) is 12.1 Å². The first-order valence-corrected chi connectivity index (χ1v) is 8.43. The minimum absolute atomic E-state index is 0.0923. The van der Waals surface area contributed by atoms with Crippen molar-refractivity contribution >= 4 is 11.8 Å². The van der Waals surface area contributed by atoms with Crippen LogP contribution in [0.1, 0.15) is 39.2 Å². The number of piperidine rings is 1. The molecule has 2 rings (SSSR count). The summed E-state index contributed by atoms with van der Waals surface area (Å²) in [5, 5.41) is 0. The number of rotatable bonds is 4. The van der Waals surface area contributed by atoms with Crippen LogP contribution in [0.2, 0.25) is 0 Å². The fraction of sp³-hybridized carbons (Fsp3) is 0.579. The molecule has 0 unspecified atom stereocenters. The second-order valence-corrected chi connectivity index (χ2v) is 7.03. The van der Waals surface area contributed by atoms with Crippen molar-refractivity contribution in [2.75, 3.05) is 26.7 Å². The zero-order valence-corrected chi connectivity index (χ0v) is 14.7. The largest absolute Gasteiger partial charge is 0.345 e. The quantitative estimate of drug-likeness (QED) is 0.857. The van der Waals surface area contributed by atoms with Crippen molar-refractivity contribution < 1.29 is 9.59 Å². The van der Waals surface area contributed by atoms with Crippen molar-refractivity contribution in [2.24, 2.45) is 5.92 Å². The molecule has 4 nitrogen and oxygen atoms in total. The third-order valence-electron chi connectivity index (χ3n) is 4.78. The number of hydrogen-bond acceptors (Lipinski definition) is 2. The van der Waals surface area contributed by atoms with Crippen molar-refractivity contribution in [1.29, 1.82) is 0 Å². The van der Waals surface area contributed by atoms with Gasteiger partial charge in [-0.3, -0.25) is 9.59 Å². The second kappa shape index (κ2) is 7.16. The zero-order chi connectivity index (χ0) is 17.0. The molecule has 126 valence electrons. The normalized spacial score (nSPS) is 17.2. The monoisotopic (exact) mass is 316 g/mol. The molecule has 1 heterocycles. The van der Waals surface area contributed by atoms with Crippen LogP contribution in [0.3, 0.4) is 0 Å². The number of nitrogens with zero attached hydrogens (tertiary/aromatic N) is 2. The van der Waals surface area contributed by atoms with Crippen LogP contribution in [0.15, 0.2) is 30.3 Å². The van der Waals surface area contributed by atoms with Gasteiger partial charge in [-0.25, -0.2) is 0 Å². The number of carbonyl (C=O) groups excluding carboxylic acids is 2. The molecule has 0 aromatic heterocycles. The van der Waals surface area contributed by atoms with Gasteiger partial charge in [-0.2, -0.15) is 0 Å². The van der Waals surface area contributed by atoms with Gasteiger partial charge in [-0.1, -0.05) is 44.2 Å². The lowest BCUT2D eigenvalue weighted by Gasteiger charge is -2.43. The molecule has 0 aliphatic carbocycles. The van der Waals surface area contributed by atoms with E-state index in [0.29, 0.717) is 31.8 Å².